The van der Waals surface area contributed by atoms with Crippen LogP contribution < -0.4 is 9.64 Å². The van der Waals surface area contributed by atoms with Gasteiger partial charge in [0, 0.05) is 12.8 Å². The topological polar surface area (TPSA) is 82.1 Å². The Morgan fingerprint density at radius 1 is 0.903 bits per heavy atom. The first kappa shape index (κ1) is 21.1. The van der Waals surface area contributed by atoms with Crippen LogP contribution in [0.4, 0.5) is 5.69 Å². The minimum atomic E-state index is -0.754. The zero-order chi connectivity index (χ0) is 22.3. The van der Waals surface area contributed by atoms with E-state index in [9.17, 15) is 14.4 Å². The normalized spacial score (nSPS) is 27.7. The van der Waals surface area contributed by atoms with Crippen LogP contribution in [-0.4, -0.2) is 36.3 Å². The number of carbonyl (C=O) groups excluding carboxylic acids is 3. The van der Waals surface area contributed by atoms with Gasteiger partial charge in [-0.15, -0.1) is 0 Å². The van der Waals surface area contributed by atoms with E-state index in [0.717, 1.165) is 4.90 Å². The van der Waals surface area contributed by atoms with Crippen molar-refractivity contribution in [2.45, 2.75) is 46.2 Å². The molecule has 162 valence electrons. The number of rotatable bonds is 4. The third-order valence-corrected chi connectivity index (χ3v) is 6.15. The monoisotopic (exact) mass is 423 g/mol. The standard InChI is InChI=1S/C24H25NO6/c1-13-14(2)21(30-16(4)26)24(29-15(13)3)31-18-11-9-17(10-12-18)25-22(27)19-7-5-6-8-20(19)23(25)28/h5-15,21,24H,1-4H3/t13-,14+,15?,21?,24+/m1/s1. The van der Waals surface area contributed by atoms with Gasteiger partial charge < -0.3 is 14.2 Å². The van der Waals surface area contributed by atoms with Gasteiger partial charge in [-0.25, -0.2) is 4.90 Å². The van der Waals surface area contributed by atoms with Gasteiger partial charge in [-0.05, 0) is 49.2 Å². The molecule has 31 heavy (non-hydrogen) atoms. The second kappa shape index (κ2) is 8.15. The molecule has 0 aliphatic carbocycles. The fourth-order valence-electron chi connectivity index (χ4n) is 4.07. The minimum Gasteiger partial charge on any atom is -0.461 e. The highest BCUT2D eigenvalue weighted by Crippen LogP contribution is 2.35. The lowest BCUT2D eigenvalue weighted by molar-refractivity contribution is -0.242. The van der Waals surface area contributed by atoms with Gasteiger partial charge in [0.05, 0.1) is 22.9 Å². The van der Waals surface area contributed by atoms with E-state index in [-0.39, 0.29) is 29.8 Å². The van der Waals surface area contributed by atoms with E-state index in [0.29, 0.717) is 22.6 Å². The molecular weight excluding hydrogens is 398 g/mol. The van der Waals surface area contributed by atoms with Crippen molar-refractivity contribution < 1.29 is 28.6 Å². The van der Waals surface area contributed by atoms with Crippen LogP contribution in [0.15, 0.2) is 48.5 Å². The molecule has 2 heterocycles. The van der Waals surface area contributed by atoms with E-state index < -0.39 is 18.4 Å². The molecule has 0 N–H and O–H groups in total. The van der Waals surface area contributed by atoms with Crippen LogP contribution in [0.5, 0.6) is 5.75 Å². The molecule has 5 atom stereocenters. The molecule has 1 saturated heterocycles. The highest BCUT2D eigenvalue weighted by Gasteiger charge is 2.43. The predicted octanol–water partition coefficient (Wildman–Crippen LogP) is 3.81. The number of hydrogen-bond acceptors (Lipinski definition) is 6. The molecule has 4 rings (SSSR count). The Hall–Kier alpha value is -3.19. The summed E-state index contributed by atoms with van der Waals surface area (Å²) >= 11 is 0. The third kappa shape index (κ3) is 3.81. The number of nitrogens with zero attached hydrogens (tertiary/aromatic N) is 1. The Kier molecular flexibility index (Phi) is 5.54. The Balaban J connectivity index is 1.53. The highest BCUT2D eigenvalue weighted by molar-refractivity contribution is 6.34. The largest absolute Gasteiger partial charge is 0.461 e. The number of esters is 1. The molecule has 7 heteroatoms. The van der Waals surface area contributed by atoms with Crippen molar-refractivity contribution in [2.24, 2.45) is 11.8 Å². The van der Waals surface area contributed by atoms with Crippen LogP contribution in [0.25, 0.3) is 0 Å². The first-order valence-electron chi connectivity index (χ1n) is 10.3. The molecule has 2 aromatic carbocycles. The molecule has 0 spiro atoms. The van der Waals surface area contributed by atoms with Crippen molar-refractivity contribution >= 4 is 23.5 Å². The van der Waals surface area contributed by atoms with E-state index in [1.807, 2.05) is 13.8 Å². The molecule has 0 aromatic heterocycles. The Morgan fingerprint density at radius 3 is 2.03 bits per heavy atom. The van der Waals surface area contributed by atoms with E-state index in [1.54, 1.807) is 48.5 Å². The number of carbonyl (C=O) groups is 3. The van der Waals surface area contributed by atoms with Gasteiger partial charge in [0.1, 0.15) is 5.75 Å². The number of imide groups is 1. The van der Waals surface area contributed by atoms with E-state index >= 15 is 0 Å². The minimum absolute atomic E-state index is 0.0512. The van der Waals surface area contributed by atoms with Gasteiger partial charge in [0.25, 0.3) is 11.8 Å². The SMILES string of the molecule is CC(=O)OC1[C@H](Oc2ccc(N3C(=O)c4ccccc4C3=O)cc2)OC(C)[C@H](C)[C@@H]1C. The summed E-state index contributed by atoms with van der Waals surface area (Å²) in [6, 6.07) is 13.4. The summed E-state index contributed by atoms with van der Waals surface area (Å²) in [7, 11) is 0. The molecule has 2 aromatic rings. The fraction of sp³-hybridized carbons (Fsp3) is 0.375. The average molecular weight is 423 g/mol. The molecule has 7 nitrogen and oxygen atoms in total. The Labute approximate surface area is 180 Å². The molecule has 0 radical (unpaired) electrons. The van der Waals surface area contributed by atoms with Crippen LogP contribution in [0, 0.1) is 11.8 Å². The van der Waals surface area contributed by atoms with E-state index in [4.69, 9.17) is 14.2 Å². The summed E-state index contributed by atoms with van der Waals surface area (Å²) in [6.45, 7) is 7.40. The second-order valence-electron chi connectivity index (χ2n) is 8.10. The maximum Gasteiger partial charge on any atom is 0.303 e. The lowest BCUT2D eigenvalue weighted by atomic mass is 9.84. The number of anilines is 1. The van der Waals surface area contributed by atoms with Gasteiger partial charge in [-0.2, -0.15) is 0 Å². The van der Waals surface area contributed by atoms with Crippen molar-refractivity contribution in [1.82, 2.24) is 0 Å². The number of ether oxygens (including phenoxy) is 3. The predicted molar refractivity (Wildman–Crippen MR) is 113 cm³/mol. The van der Waals surface area contributed by atoms with Crippen molar-refractivity contribution in [3.63, 3.8) is 0 Å². The number of fused-ring (bicyclic) bond motifs is 1. The Morgan fingerprint density at radius 2 is 1.48 bits per heavy atom. The summed E-state index contributed by atoms with van der Waals surface area (Å²) in [5.41, 5.74) is 1.24. The molecule has 1 fully saturated rings. The van der Waals surface area contributed by atoms with Crippen molar-refractivity contribution in [1.29, 1.82) is 0 Å². The number of hydrogen-bond donors (Lipinski definition) is 0. The zero-order valence-corrected chi connectivity index (χ0v) is 17.9. The van der Waals surface area contributed by atoms with Gasteiger partial charge in [-0.3, -0.25) is 14.4 Å². The molecule has 2 unspecified atom stereocenters. The summed E-state index contributed by atoms with van der Waals surface area (Å²) < 4.78 is 17.5. The van der Waals surface area contributed by atoms with Gasteiger partial charge in [-0.1, -0.05) is 26.0 Å². The lowest BCUT2D eigenvalue weighted by Gasteiger charge is -2.42. The van der Waals surface area contributed by atoms with Crippen LogP contribution in [-0.2, 0) is 14.3 Å². The van der Waals surface area contributed by atoms with Crippen LogP contribution in [0.3, 0.4) is 0 Å². The smallest absolute Gasteiger partial charge is 0.303 e. The van der Waals surface area contributed by atoms with Gasteiger partial charge >= 0.3 is 5.97 Å². The van der Waals surface area contributed by atoms with E-state index in [2.05, 4.69) is 6.92 Å². The van der Waals surface area contributed by atoms with Crippen LogP contribution in [0.2, 0.25) is 0 Å². The van der Waals surface area contributed by atoms with E-state index in [1.165, 1.54) is 6.92 Å². The van der Waals surface area contributed by atoms with Crippen LogP contribution >= 0.6 is 0 Å². The molecule has 2 aliphatic rings. The maximum absolute atomic E-state index is 12.7. The molecule has 0 bridgehead atoms. The first-order valence-corrected chi connectivity index (χ1v) is 10.3. The molecule has 2 aliphatic heterocycles. The first-order chi connectivity index (χ1) is 14.8. The van der Waals surface area contributed by atoms with Gasteiger partial charge in [0.15, 0.2) is 6.10 Å². The number of amides is 2. The van der Waals surface area contributed by atoms with Crippen LogP contribution in [0.1, 0.15) is 48.4 Å². The molecule has 0 saturated carbocycles. The fourth-order valence-corrected chi connectivity index (χ4v) is 4.07. The number of benzene rings is 2. The average Bonchev–Trinajstić information content (AvgIpc) is 3.00. The van der Waals surface area contributed by atoms with Crippen molar-refractivity contribution in [2.75, 3.05) is 4.90 Å². The summed E-state index contributed by atoms with van der Waals surface area (Å²) in [5, 5.41) is 0. The second-order valence-corrected chi connectivity index (χ2v) is 8.10. The third-order valence-electron chi connectivity index (χ3n) is 6.15. The summed E-state index contributed by atoms with van der Waals surface area (Å²) in [4.78, 5) is 38.1. The lowest BCUT2D eigenvalue weighted by Crippen LogP contribution is -2.52. The molecular formula is C24H25NO6. The maximum atomic E-state index is 12.7. The van der Waals surface area contributed by atoms with Gasteiger partial charge in [0.2, 0.25) is 6.29 Å². The quantitative estimate of drug-likeness (QED) is 0.549. The zero-order valence-electron chi connectivity index (χ0n) is 17.9. The van der Waals surface area contributed by atoms with Crippen molar-refractivity contribution in [3.05, 3.63) is 59.7 Å². The summed E-state index contributed by atoms with van der Waals surface area (Å²) in [5.74, 6) is -0.364. The Bertz CT molecular complexity index is 982. The highest BCUT2D eigenvalue weighted by atomic mass is 16.7. The molecule has 2 amide bonds. The summed E-state index contributed by atoms with van der Waals surface area (Å²) in [6.07, 6.45) is -1.36. The van der Waals surface area contributed by atoms with Crippen molar-refractivity contribution in [3.8, 4) is 5.75 Å².